The van der Waals surface area contributed by atoms with E-state index in [1.54, 1.807) is 0 Å². The summed E-state index contributed by atoms with van der Waals surface area (Å²) in [5, 5.41) is 0. The highest BCUT2D eigenvalue weighted by Crippen LogP contribution is 2.39. The molecule has 4 nitrogen and oxygen atoms in total. The van der Waals surface area contributed by atoms with E-state index in [1.807, 2.05) is 0 Å². The monoisotopic (exact) mass is 339 g/mol. The third-order valence-corrected chi connectivity index (χ3v) is 4.19. The smallest absolute Gasteiger partial charge is 0.416 e. The molecular weight excluding hydrogens is 323 g/mol. The Morgan fingerprint density at radius 2 is 2.00 bits per heavy atom. The molecule has 1 aromatic heterocycles. The van der Waals surface area contributed by atoms with Gasteiger partial charge in [0.2, 0.25) is 5.89 Å². The van der Waals surface area contributed by atoms with Crippen molar-refractivity contribution in [2.45, 2.75) is 37.8 Å². The summed E-state index contributed by atoms with van der Waals surface area (Å²) >= 11 is 0. The van der Waals surface area contributed by atoms with Gasteiger partial charge in [0.25, 0.3) is 0 Å². The zero-order valence-electron chi connectivity index (χ0n) is 13.0. The molecule has 7 heteroatoms. The SMILES string of the molecule is COC(=O)c1nc(-c2cccc(C(F)(F)F)c2)oc1C1CCCC1. The quantitative estimate of drug-likeness (QED) is 0.754. The molecule has 0 spiro atoms. The van der Waals surface area contributed by atoms with Crippen molar-refractivity contribution < 1.29 is 27.1 Å². The first kappa shape index (κ1) is 16.5. The fraction of sp³-hybridized carbons (Fsp3) is 0.412. The Balaban J connectivity index is 2.04. The van der Waals surface area contributed by atoms with Crippen LogP contribution in [0.1, 0.15) is 53.4 Å². The van der Waals surface area contributed by atoms with Gasteiger partial charge in [-0.3, -0.25) is 0 Å². The summed E-state index contributed by atoms with van der Waals surface area (Å²) in [6, 6.07) is 4.70. The van der Waals surface area contributed by atoms with Gasteiger partial charge in [-0.05, 0) is 31.0 Å². The van der Waals surface area contributed by atoms with Crippen molar-refractivity contribution >= 4 is 5.97 Å². The van der Waals surface area contributed by atoms with Crippen LogP contribution in [0.2, 0.25) is 0 Å². The molecule has 2 aromatic rings. The van der Waals surface area contributed by atoms with Crippen molar-refractivity contribution in [1.29, 1.82) is 0 Å². The van der Waals surface area contributed by atoms with Gasteiger partial charge in [0.05, 0.1) is 12.7 Å². The van der Waals surface area contributed by atoms with E-state index < -0.39 is 17.7 Å². The number of carbonyl (C=O) groups is 1. The number of methoxy groups -OCH3 is 1. The average molecular weight is 339 g/mol. The van der Waals surface area contributed by atoms with E-state index in [0.717, 1.165) is 37.8 Å². The number of halogens is 3. The van der Waals surface area contributed by atoms with E-state index in [0.29, 0.717) is 5.76 Å². The molecule has 1 aromatic carbocycles. The van der Waals surface area contributed by atoms with Gasteiger partial charge in [-0.25, -0.2) is 9.78 Å². The molecule has 0 bridgehead atoms. The summed E-state index contributed by atoms with van der Waals surface area (Å²) in [5.74, 6) is -0.180. The minimum atomic E-state index is -4.46. The minimum absolute atomic E-state index is 0.00315. The summed E-state index contributed by atoms with van der Waals surface area (Å²) in [6.07, 6.45) is -0.694. The van der Waals surface area contributed by atoms with Crippen molar-refractivity contribution in [3.05, 3.63) is 41.3 Å². The largest absolute Gasteiger partial charge is 0.464 e. The third-order valence-electron chi connectivity index (χ3n) is 4.19. The number of carbonyl (C=O) groups excluding carboxylic acids is 1. The van der Waals surface area contributed by atoms with Crippen LogP contribution >= 0.6 is 0 Å². The molecule has 0 amide bonds. The van der Waals surface area contributed by atoms with Crippen molar-refractivity contribution in [2.75, 3.05) is 7.11 Å². The highest BCUT2D eigenvalue weighted by molar-refractivity contribution is 5.89. The van der Waals surface area contributed by atoms with E-state index in [2.05, 4.69) is 4.98 Å². The number of hydrogen-bond donors (Lipinski definition) is 0. The number of oxazole rings is 1. The maximum Gasteiger partial charge on any atom is 0.416 e. The van der Waals surface area contributed by atoms with Crippen LogP contribution in [-0.4, -0.2) is 18.1 Å². The molecule has 1 heterocycles. The van der Waals surface area contributed by atoms with E-state index in [-0.39, 0.29) is 23.1 Å². The molecule has 1 fully saturated rings. The van der Waals surface area contributed by atoms with Gasteiger partial charge in [-0.2, -0.15) is 13.2 Å². The Kier molecular flexibility index (Phi) is 4.34. The maximum atomic E-state index is 12.9. The molecule has 3 rings (SSSR count). The van der Waals surface area contributed by atoms with Crippen LogP contribution in [0.15, 0.2) is 28.7 Å². The number of hydrogen-bond acceptors (Lipinski definition) is 4. The van der Waals surface area contributed by atoms with E-state index >= 15 is 0 Å². The second kappa shape index (κ2) is 6.30. The lowest BCUT2D eigenvalue weighted by atomic mass is 10.0. The van der Waals surface area contributed by atoms with Crippen LogP contribution in [0.4, 0.5) is 13.2 Å². The number of rotatable bonds is 3. The number of ether oxygens (including phenoxy) is 1. The number of aromatic nitrogens is 1. The summed E-state index contributed by atoms with van der Waals surface area (Å²) in [5.41, 5.74) is -0.559. The first-order chi connectivity index (χ1) is 11.4. The van der Waals surface area contributed by atoms with Gasteiger partial charge >= 0.3 is 12.1 Å². The average Bonchev–Trinajstić information content (AvgIpc) is 3.22. The molecular formula is C17H16F3NO3. The minimum Gasteiger partial charge on any atom is -0.464 e. The van der Waals surface area contributed by atoms with Crippen LogP contribution in [0.3, 0.4) is 0 Å². The van der Waals surface area contributed by atoms with E-state index in [9.17, 15) is 18.0 Å². The standard InChI is InChI=1S/C17H16F3NO3/c1-23-16(22)13-14(10-5-2-3-6-10)24-15(21-13)11-7-4-8-12(9-11)17(18,19)20/h4,7-10H,2-3,5-6H2,1H3. The molecule has 1 aliphatic rings. The summed E-state index contributed by atoms with van der Waals surface area (Å²) in [6.45, 7) is 0. The van der Waals surface area contributed by atoms with Crippen LogP contribution in [0, 0.1) is 0 Å². The summed E-state index contributed by atoms with van der Waals surface area (Å²) < 4.78 is 49.0. The molecule has 0 atom stereocenters. The van der Waals surface area contributed by atoms with Gasteiger partial charge in [0, 0.05) is 11.5 Å². The van der Waals surface area contributed by atoms with Crippen molar-refractivity contribution in [3.63, 3.8) is 0 Å². The van der Waals surface area contributed by atoms with Crippen LogP contribution < -0.4 is 0 Å². The zero-order chi connectivity index (χ0) is 17.3. The highest BCUT2D eigenvalue weighted by atomic mass is 19.4. The number of alkyl halides is 3. The molecule has 0 aliphatic heterocycles. The first-order valence-electron chi connectivity index (χ1n) is 7.67. The number of nitrogens with zero attached hydrogens (tertiary/aromatic N) is 1. The molecule has 1 saturated carbocycles. The van der Waals surface area contributed by atoms with E-state index in [1.165, 1.54) is 19.2 Å². The van der Waals surface area contributed by atoms with Gasteiger partial charge < -0.3 is 9.15 Å². The Morgan fingerprint density at radius 3 is 2.62 bits per heavy atom. The first-order valence-corrected chi connectivity index (χ1v) is 7.67. The molecule has 0 radical (unpaired) electrons. The van der Waals surface area contributed by atoms with Gasteiger partial charge in [-0.15, -0.1) is 0 Å². The molecule has 24 heavy (non-hydrogen) atoms. The normalized spacial score (nSPS) is 15.7. The van der Waals surface area contributed by atoms with E-state index in [4.69, 9.17) is 9.15 Å². The van der Waals surface area contributed by atoms with Crippen molar-refractivity contribution in [1.82, 2.24) is 4.98 Å². The lowest BCUT2D eigenvalue weighted by Crippen LogP contribution is -2.07. The predicted octanol–water partition coefficient (Wildman–Crippen LogP) is 4.80. The lowest BCUT2D eigenvalue weighted by molar-refractivity contribution is -0.137. The fourth-order valence-electron chi connectivity index (χ4n) is 2.99. The van der Waals surface area contributed by atoms with Gasteiger partial charge in [0.15, 0.2) is 5.69 Å². The van der Waals surface area contributed by atoms with Gasteiger partial charge in [-0.1, -0.05) is 18.9 Å². The van der Waals surface area contributed by atoms with Crippen LogP contribution in [0.25, 0.3) is 11.5 Å². The predicted molar refractivity (Wildman–Crippen MR) is 79.5 cm³/mol. The highest BCUT2D eigenvalue weighted by Gasteiger charge is 2.32. The molecule has 128 valence electrons. The number of esters is 1. The van der Waals surface area contributed by atoms with Crippen molar-refractivity contribution in [2.24, 2.45) is 0 Å². The molecule has 0 unspecified atom stereocenters. The third kappa shape index (κ3) is 3.16. The second-order valence-corrected chi connectivity index (χ2v) is 5.78. The topological polar surface area (TPSA) is 52.3 Å². The Hall–Kier alpha value is -2.31. The molecule has 0 N–H and O–H groups in total. The van der Waals surface area contributed by atoms with Crippen LogP contribution in [0.5, 0.6) is 0 Å². The Labute approximate surface area is 136 Å². The van der Waals surface area contributed by atoms with Gasteiger partial charge in [0.1, 0.15) is 5.76 Å². The Bertz CT molecular complexity index is 746. The summed E-state index contributed by atoms with van der Waals surface area (Å²) in [4.78, 5) is 16.0. The van der Waals surface area contributed by atoms with Crippen molar-refractivity contribution in [3.8, 4) is 11.5 Å². The second-order valence-electron chi connectivity index (χ2n) is 5.78. The maximum absolute atomic E-state index is 12.9. The Morgan fingerprint density at radius 1 is 1.29 bits per heavy atom. The summed E-state index contributed by atoms with van der Waals surface area (Å²) in [7, 11) is 1.24. The fourth-order valence-corrected chi connectivity index (χ4v) is 2.99. The zero-order valence-corrected chi connectivity index (χ0v) is 13.0. The van der Waals surface area contributed by atoms with Crippen LogP contribution in [-0.2, 0) is 10.9 Å². The molecule has 0 saturated heterocycles. The lowest BCUT2D eigenvalue weighted by Gasteiger charge is -2.07. The number of benzene rings is 1. The molecule has 1 aliphatic carbocycles.